The molecule has 0 spiro atoms. The van der Waals surface area contributed by atoms with E-state index in [0.29, 0.717) is 11.7 Å². The molecule has 2 heterocycles. The average molecular weight is 315 g/mol. The number of anilines is 1. The van der Waals surface area contributed by atoms with Crippen molar-refractivity contribution in [3.05, 3.63) is 0 Å². The second kappa shape index (κ2) is 7.92. The zero-order valence-electron chi connectivity index (χ0n) is 11.7. The molecule has 1 saturated heterocycles. The molecule has 0 bridgehead atoms. The fourth-order valence-electron chi connectivity index (χ4n) is 2.11. The van der Waals surface area contributed by atoms with Crippen LogP contribution in [0.3, 0.4) is 0 Å². The fourth-order valence-corrected chi connectivity index (χ4v) is 3.52. The number of carbonyl (C=O) groups excluding carboxylic acids is 1. The molecule has 1 fully saturated rings. The molecule has 0 aliphatic carbocycles. The summed E-state index contributed by atoms with van der Waals surface area (Å²) in [5.41, 5.74) is 5.91. The molecule has 1 aliphatic heterocycles. The van der Waals surface area contributed by atoms with Gasteiger partial charge >= 0.3 is 0 Å². The average Bonchev–Trinajstić information content (AvgIpc) is 2.83. The van der Waals surface area contributed by atoms with Gasteiger partial charge in [0.05, 0.1) is 6.54 Å². The highest BCUT2D eigenvalue weighted by molar-refractivity contribution is 7.99. The number of amides is 1. The van der Waals surface area contributed by atoms with Crippen LogP contribution in [-0.4, -0.2) is 51.6 Å². The summed E-state index contributed by atoms with van der Waals surface area (Å²) in [6.45, 7) is 4.23. The first-order valence-electron chi connectivity index (χ1n) is 6.91. The maximum atomic E-state index is 11.9. The molecular weight excluding hydrogens is 294 g/mol. The van der Waals surface area contributed by atoms with Crippen molar-refractivity contribution in [2.24, 2.45) is 5.73 Å². The van der Waals surface area contributed by atoms with Gasteiger partial charge in [-0.3, -0.25) is 15.0 Å². The van der Waals surface area contributed by atoms with E-state index < -0.39 is 0 Å². The predicted molar refractivity (Wildman–Crippen MR) is 83.2 cm³/mol. The summed E-state index contributed by atoms with van der Waals surface area (Å²) in [7, 11) is 0. The summed E-state index contributed by atoms with van der Waals surface area (Å²) < 4.78 is 4.21. The third-order valence-electron chi connectivity index (χ3n) is 3.00. The third kappa shape index (κ3) is 5.01. The van der Waals surface area contributed by atoms with E-state index in [-0.39, 0.29) is 11.9 Å². The first kappa shape index (κ1) is 15.7. The van der Waals surface area contributed by atoms with Crippen LogP contribution in [-0.2, 0) is 4.79 Å². The number of rotatable bonds is 6. The predicted octanol–water partition coefficient (Wildman–Crippen LogP) is 1.40. The van der Waals surface area contributed by atoms with E-state index >= 15 is 0 Å². The summed E-state index contributed by atoms with van der Waals surface area (Å²) >= 11 is 2.85. The van der Waals surface area contributed by atoms with E-state index in [2.05, 4.69) is 26.5 Å². The molecule has 20 heavy (non-hydrogen) atoms. The van der Waals surface area contributed by atoms with Crippen molar-refractivity contribution in [1.29, 1.82) is 0 Å². The number of nitrogens with two attached hydrogens (primary N) is 1. The highest BCUT2D eigenvalue weighted by Gasteiger charge is 2.19. The second-order valence-electron chi connectivity index (χ2n) is 4.92. The number of hydrogen-bond donors (Lipinski definition) is 2. The zero-order valence-corrected chi connectivity index (χ0v) is 13.3. The molecule has 1 aromatic heterocycles. The van der Waals surface area contributed by atoms with Crippen molar-refractivity contribution in [2.75, 3.05) is 30.7 Å². The highest BCUT2D eigenvalue weighted by atomic mass is 32.2. The van der Waals surface area contributed by atoms with Crippen molar-refractivity contribution in [3.63, 3.8) is 0 Å². The maximum absolute atomic E-state index is 11.9. The summed E-state index contributed by atoms with van der Waals surface area (Å²) in [4.78, 5) is 18.3. The first-order valence-corrected chi connectivity index (χ1v) is 8.67. The van der Waals surface area contributed by atoms with Crippen LogP contribution in [0, 0.1) is 0 Å². The molecule has 1 atom stereocenters. The Morgan fingerprint density at radius 3 is 3.25 bits per heavy atom. The molecule has 1 aromatic rings. The Morgan fingerprint density at radius 1 is 1.65 bits per heavy atom. The van der Waals surface area contributed by atoms with E-state index in [1.165, 1.54) is 11.5 Å². The minimum absolute atomic E-state index is 0.0395. The number of hydrogen-bond acceptors (Lipinski definition) is 7. The van der Waals surface area contributed by atoms with Crippen molar-refractivity contribution in [1.82, 2.24) is 14.3 Å². The van der Waals surface area contributed by atoms with Gasteiger partial charge in [-0.1, -0.05) is 18.7 Å². The topological polar surface area (TPSA) is 84.1 Å². The molecule has 3 N–H and O–H groups in total. The number of thioether (sulfide) groups is 1. The number of nitrogens with one attached hydrogen (secondary N) is 1. The van der Waals surface area contributed by atoms with Crippen LogP contribution in [0.1, 0.15) is 26.2 Å². The lowest BCUT2D eigenvalue weighted by molar-refractivity contribution is -0.117. The number of nitrogens with zero attached hydrogens (tertiary/aromatic N) is 3. The molecule has 1 amide bonds. The summed E-state index contributed by atoms with van der Waals surface area (Å²) in [5, 5.41) is 4.13. The highest BCUT2D eigenvalue weighted by Crippen LogP contribution is 2.20. The van der Waals surface area contributed by atoms with Gasteiger partial charge in [-0.25, -0.2) is 0 Å². The third-order valence-corrected chi connectivity index (χ3v) is 4.80. The number of piperidine rings is 1. The van der Waals surface area contributed by atoms with Crippen LogP contribution in [0.4, 0.5) is 5.13 Å². The van der Waals surface area contributed by atoms with E-state index in [9.17, 15) is 4.79 Å². The fraction of sp³-hybridized carbons (Fsp3) is 0.750. The van der Waals surface area contributed by atoms with Crippen LogP contribution in [0.5, 0.6) is 0 Å². The summed E-state index contributed by atoms with van der Waals surface area (Å²) in [6.07, 6.45) is 3.19. The smallest absolute Gasteiger partial charge is 0.240 e. The molecule has 0 aromatic carbocycles. The van der Waals surface area contributed by atoms with Crippen molar-refractivity contribution >= 4 is 34.3 Å². The van der Waals surface area contributed by atoms with E-state index in [1.807, 2.05) is 0 Å². The standard InChI is InChI=1S/C12H21N5OS2/c1-2-6-19-12-15-11(20-16-12)14-10(18)8-17-5-3-4-9(13)7-17/h9H,2-8,13H2,1H3,(H,14,15,16,18)/t9-/m1/s1. The second-order valence-corrected chi connectivity index (χ2v) is 6.73. The quantitative estimate of drug-likeness (QED) is 0.772. The Hall–Kier alpha value is -0.700. The van der Waals surface area contributed by atoms with Gasteiger partial charge in [0.1, 0.15) is 0 Å². The number of likely N-dealkylation sites (tertiary alicyclic amines) is 1. The molecule has 0 unspecified atom stereocenters. The Bertz CT molecular complexity index is 439. The lowest BCUT2D eigenvalue weighted by atomic mass is 10.1. The Morgan fingerprint density at radius 2 is 2.50 bits per heavy atom. The minimum atomic E-state index is -0.0395. The van der Waals surface area contributed by atoms with E-state index in [0.717, 1.165) is 43.3 Å². The Kier molecular flexibility index (Phi) is 6.21. The molecule has 8 heteroatoms. The van der Waals surface area contributed by atoms with Gasteiger partial charge in [0.15, 0.2) is 0 Å². The van der Waals surface area contributed by atoms with Crippen molar-refractivity contribution in [3.8, 4) is 0 Å². The molecule has 6 nitrogen and oxygen atoms in total. The normalized spacial score (nSPS) is 20.0. The van der Waals surface area contributed by atoms with Crippen LogP contribution in [0.25, 0.3) is 0 Å². The van der Waals surface area contributed by atoms with Gasteiger partial charge in [-0.15, -0.1) is 0 Å². The largest absolute Gasteiger partial charge is 0.327 e. The van der Waals surface area contributed by atoms with Crippen molar-refractivity contribution in [2.45, 2.75) is 37.4 Å². The van der Waals surface area contributed by atoms with Gasteiger partial charge in [-0.2, -0.15) is 9.36 Å². The molecule has 2 rings (SSSR count). The maximum Gasteiger partial charge on any atom is 0.240 e. The van der Waals surface area contributed by atoms with Crippen LogP contribution < -0.4 is 11.1 Å². The SMILES string of the molecule is CCCSc1nsc(NC(=O)CN2CCC[C@@H](N)C2)n1. The van der Waals surface area contributed by atoms with Crippen molar-refractivity contribution < 1.29 is 4.79 Å². The van der Waals surface area contributed by atoms with Gasteiger partial charge in [-0.05, 0) is 25.8 Å². The minimum Gasteiger partial charge on any atom is -0.327 e. The van der Waals surface area contributed by atoms with Gasteiger partial charge in [0, 0.05) is 29.9 Å². The Balaban J connectivity index is 1.77. The van der Waals surface area contributed by atoms with E-state index in [1.54, 1.807) is 11.8 Å². The van der Waals surface area contributed by atoms with E-state index in [4.69, 9.17) is 5.73 Å². The van der Waals surface area contributed by atoms with Crippen LogP contribution in [0.15, 0.2) is 5.16 Å². The summed E-state index contributed by atoms with van der Waals surface area (Å²) in [6, 6.07) is 0.190. The lowest BCUT2D eigenvalue weighted by Gasteiger charge is -2.29. The van der Waals surface area contributed by atoms with Crippen LogP contribution in [0.2, 0.25) is 0 Å². The molecule has 0 saturated carbocycles. The van der Waals surface area contributed by atoms with Gasteiger partial charge in [0.2, 0.25) is 16.2 Å². The molecule has 1 aliphatic rings. The molecular formula is C12H21N5OS2. The molecule has 0 radical (unpaired) electrons. The number of carbonyl (C=O) groups is 1. The molecule has 112 valence electrons. The monoisotopic (exact) mass is 315 g/mol. The van der Waals surface area contributed by atoms with Crippen LogP contribution >= 0.6 is 23.3 Å². The van der Waals surface area contributed by atoms with Gasteiger partial charge in [0.25, 0.3) is 0 Å². The lowest BCUT2D eigenvalue weighted by Crippen LogP contribution is -2.45. The zero-order chi connectivity index (χ0) is 14.4. The first-order chi connectivity index (χ1) is 9.67. The summed E-state index contributed by atoms with van der Waals surface area (Å²) in [5.74, 6) is 0.956. The number of aromatic nitrogens is 2. The Labute approximate surface area is 127 Å². The van der Waals surface area contributed by atoms with Gasteiger partial charge < -0.3 is 5.73 Å².